The first-order chi connectivity index (χ1) is 7.95. The van der Waals surface area contributed by atoms with Crippen LogP contribution in [0.2, 0.25) is 0 Å². The molecule has 0 spiro atoms. The number of hydrogen-bond donors (Lipinski definition) is 1. The van der Waals surface area contributed by atoms with E-state index in [4.69, 9.17) is 0 Å². The lowest BCUT2D eigenvalue weighted by Gasteiger charge is -2.14. The van der Waals surface area contributed by atoms with Crippen LogP contribution in [-0.2, 0) is 13.5 Å². The number of halogens is 1. The van der Waals surface area contributed by atoms with Gasteiger partial charge in [0, 0.05) is 18.4 Å². The average Bonchev–Trinajstić information content (AvgIpc) is 2.66. The number of aromatic nitrogens is 2. The molecule has 0 aliphatic carbocycles. The van der Waals surface area contributed by atoms with Gasteiger partial charge in [-0.25, -0.2) is 0 Å². The Labute approximate surface area is 111 Å². The zero-order valence-corrected chi connectivity index (χ0v) is 12.4. The lowest BCUT2D eigenvalue weighted by Crippen LogP contribution is -2.32. The summed E-state index contributed by atoms with van der Waals surface area (Å²) in [6, 6.07) is 1.84. The zero-order chi connectivity index (χ0) is 13.0. The number of hydrogen-bond acceptors (Lipinski definition) is 2. The summed E-state index contributed by atoms with van der Waals surface area (Å²) in [7, 11) is 1.79. The van der Waals surface area contributed by atoms with Crippen molar-refractivity contribution in [1.29, 1.82) is 0 Å². The largest absolute Gasteiger partial charge is 0.350 e. The summed E-state index contributed by atoms with van der Waals surface area (Å²) in [6.07, 6.45) is 0.841. The van der Waals surface area contributed by atoms with E-state index in [9.17, 15) is 4.79 Å². The Morgan fingerprint density at radius 3 is 2.71 bits per heavy atom. The van der Waals surface area contributed by atoms with Crippen molar-refractivity contribution in [3.63, 3.8) is 0 Å². The predicted octanol–water partition coefficient (Wildman–Crippen LogP) is 2.13. The molecule has 0 fully saturated rings. The number of nitrogens with zero attached hydrogens (tertiary/aromatic N) is 2. The van der Waals surface area contributed by atoms with Gasteiger partial charge in [0.2, 0.25) is 0 Å². The van der Waals surface area contributed by atoms with E-state index in [1.54, 1.807) is 11.7 Å². The van der Waals surface area contributed by atoms with Gasteiger partial charge in [-0.05, 0) is 18.4 Å². The molecule has 1 heterocycles. The predicted molar refractivity (Wildman–Crippen MR) is 72.5 cm³/mol. The second kappa shape index (κ2) is 6.19. The summed E-state index contributed by atoms with van der Waals surface area (Å²) in [4.78, 5) is 12.2. The van der Waals surface area contributed by atoms with Crippen LogP contribution in [0.15, 0.2) is 6.07 Å². The molecular formula is C12H20BrN3O. The Kier molecular flexibility index (Phi) is 5.18. The molecule has 0 aliphatic rings. The minimum absolute atomic E-state index is 0.0650. The lowest BCUT2D eigenvalue weighted by molar-refractivity contribution is 0.0943. The van der Waals surface area contributed by atoms with Crippen LogP contribution < -0.4 is 5.32 Å². The topological polar surface area (TPSA) is 46.9 Å². The molecule has 96 valence electrons. The Morgan fingerprint density at radius 1 is 1.59 bits per heavy atom. The van der Waals surface area contributed by atoms with E-state index in [1.807, 2.05) is 13.0 Å². The molecule has 0 saturated heterocycles. The molecule has 1 aromatic heterocycles. The van der Waals surface area contributed by atoms with Crippen molar-refractivity contribution >= 4 is 21.8 Å². The van der Waals surface area contributed by atoms with Crippen molar-refractivity contribution in [2.75, 3.05) is 6.54 Å². The standard InChI is InChI=1S/C12H20BrN3O/c1-5-9-6-11(16(4)15-9)12(17)14-7-10(13)8(2)3/h6,8,10H,5,7H2,1-4H3,(H,14,17). The molecule has 5 heteroatoms. The minimum atomic E-state index is -0.0650. The third kappa shape index (κ3) is 3.84. The molecule has 1 atom stereocenters. The molecule has 1 amide bonds. The first kappa shape index (κ1) is 14.2. The number of aryl methyl sites for hydroxylation is 2. The van der Waals surface area contributed by atoms with Gasteiger partial charge in [-0.2, -0.15) is 5.10 Å². The van der Waals surface area contributed by atoms with Crippen LogP contribution in [0.4, 0.5) is 0 Å². The van der Waals surface area contributed by atoms with Crippen molar-refractivity contribution < 1.29 is 4.79 Å². The van der Waals surface area contributed by atoms with Gasteiger partial charge in [0.25, 0.3) is 5.91 Å². The van der Waals surface area contributed by atoms with E-state index in [0.717, 1.165) is 12.1 Å². The summed E-state index contributed by atoms with van der Waals surface area (Å²) in [6.45, 7) is 6.89. The molecule has 4 nitrogen and oxygen atoms in total. The fraction of sp³-hybridized carbons (Fsp3) is 0.667. The Morgan fingerprint density at radius 2 is 2.24 bits per heavy atom. The summed E-state index contributed by atoms with van der Waals surface area (Å²) < 4.78 is 1.63. The van der Waals surface area contributed by atoms with Crippen molar-refractivity contribution in [3.05, 3.63) is 17.5 Å². The highest BCUT2D eigenvalue weighted by Gasteiger charge is 2.15. The summed E-state index contributed by atoms with van der Waals surface area (Å²) in [5.74, 6) is 0.429. The third-order valence-corrected chi connectivity index (χ3v) is 4.09. The van der Waals surface area contributed by atoms with E-state index in [-0.39, 0.29) is 5.91 Å². The Bertz CT molecular complexity index is 387. The van der Waals surface area contributed by atoms with Gasteiger partial charge in [-0.1, -0.05) is 36.7 Å². The Hall–Kier alpha value is -0.840. The van der Waals surface area contributed by atoms with E-state index >= 15 is 0 Å². The maximum absolute atomic E-state index is 11.9. The normalized spacial score (nSPS) is 12.8. The van der Waals surface area contributed by atoms with E-state index in [0.29, 0.717) is 23.0 Å². The first-order valence-corrected chi connectivity index (χ1v) is 6.82. The van der Waals surface area contributed by atoms with Crippen LogP contribution in [0.3, 0.4) is 0 Å². The van der Waals surface area contributed by atoms with E-state index in [2.05, 4.69) is 40.2 Å². The molecule has 0 saturated carbocycles. The molecule has 0 bridgehead atoms. The number of carbonyl (C=O) groups excluding carboxylic acids is 1. The van der Waals surface area contributed by atoms with Gasteiger partial charge in [-0.3, -0.25) is 9.48 Å². The highest BCUT2D eigenvalue weighted by atomic mass is 79.9. The van der Waals surface area contributed by atoms with Gasteiger partial charge in [-0.15, -0.1) is 0 Å². The Balaban J connectivity index is 2.60. The van der Waals surface area contributed by atoms with Crippen molar-refractivity contribution in [1.82, 2.24) is 15.1 Å². The van der Waals surface area contributed by atoms with Crippen LogP contribution in [-0.4, -0.2) is 27.1 Å². The molecule has 1 N–H and O–H groups in total. The van der Waals surface area contributed by atoms with Gasteiger partial charge in [0.05, 0.1) is 5.69 Å². The molecule has 0 aromatic carbocycles. The van der Waals surface area contributed by atoms with Crippen molar-refractivity contribution in [3.8, 4) is 0 Å². The lowest BCUT2D eigenvalue weighted by atomic mass is 10.1. The van der Waals surface area contributed by atoms with Crippen LogP contribution >= 0.6 is 15.9 Å². The van der Waals surface area contributed by atoms with Gasteiger partial charge < -0.3 is 5.32 Å². The van der Waals surface area contributed by atoms with Crippen LogP contribution in [0.1, 0.15) is 37.0 Å². The van der Waals surface area contributed by atoms with Gasteiger partial charge in [0.15, 0.2) is 0 Å². The smallest absolute Gasteiger partial charge is 0.269 e. The molecule has 17 heavy (non-hydrogen) atoms. The first-order valence-electron chi connectivity index (χ1n) is 5.90. The number of amides is 1. The third-order valence-electron chi connectivity index (χ3n) is 2.71. The highest BCUT2D eigenvalue weighted by Crippen LogP contribution is 2.11. The maximum atomic E-state index is 11.9. The molecule has 1 aromatic rings. The van der Waals surface area contributed by atoms with Crippen LogP contribution in [0.5, 0.6) is 0 Å². The molecular weight excluding hydrogens is 282 g/mol. The molecule has 1 rings (SSSR count). The van der Waals surface area contributed by atoms with E-state index < -0.39 is 0 Å². The SMILES string of the molecule is CCc1cc(C(=O)NCC(Br)C(C)C)n(C)n1. The molecule has 0 radical (unpaired) electrons. The average molecular weight is 302 g/mol. The second-order valence-electron chi connectivity index (χ2n) is 4.47. The maximum Gasteiger partial charge on any atom is 0.269 e. The molecule has 1 unspecified atom stereocenters. The second-order valence-corrected chi connectivity index (χ2v) is 5.64. The number of alkyl halides is 1. The quantitative estimate of drug-likeness (QED) is 0.847. The van der Waals surface area contributed by atoms with E-state index in [1.165, 1.54) is 0 Å². The number of nitrogens with one attached hydrogen (secondary N) is 1. The fourth-order valence-corrected chi connectivity index (χ4v) is 1.59. The summed E-state index contributed by atoms with van der Waals surface area (Å²) >= 11 is 3.54. The summed E-state index contributed by atoms with van der Waals surface area (Å²) in [5, 5.41) is 7.17. The van der Waals surface area contributed by atoms with Gasteiger partial charge >= 0.3 is 0 Å². The monoisotopic (exact) mass is 301 g/mol. The van der Waals surface area contributed by atoms with Crippen LogP contribution in [0, 0.1) is 5.92 Å². The van der Waals surface area contributed by atoms with Crippen LogP contribution in [0.25, 0.3) is 0 Å². The number of rotatable bonds is 5. The van der Waals surface area contributed by atoms with Crippen molar-refractivity contribution in [2.45, 2.75) is 32.0 Å². The van der Waals surface area contributed by atoms with Gasteiger partial charge in [0.1, 0.15) is 5.69 Å². The highest BCUT2D eigenvalue weighted by molar-refractivity contribution is 9.09. The minimum Gasteiger partial charge on any atom is -0.350 e. The summed E-state index contributed by atoms with van der Waals surface area (Å²) in [5.41, 5.74) is 1.56. The molecule has 0 aliphatic heterocycles. The van der Waals surface area contributed by atoms with Crippen molar-refractivity contribution in [2.24, 2.45) is 13.0 Å². The zero-order valence-electron chi connectivity index (χ0n) is 10.8. The number of carbonyl (C=O) groups is 1. The fourth-order valence-electron chi connectivity index (χ4n) is 1.43.